The molecule has 4 aromatic carbocycles. The number of carbonyl (C=O) groups excluding carboxylic acids is 2. The highest BCUT2D eigenvalue weighted by Crippen LogP contribution is 2.46. The van der Waals surface area contributed by atoms with Gasteiger partial charge in [0, 0.05) is 44.4 Å². The van der Waals surface area contributed by atoms with Crippen molar-refractivity contribution in [3.8, 4) is 34.3 Å². The molecule has 4 aromatic heterocycles. The third-order valence-electron chi connectivity index (χ3n) is 9.24. The van der Waals surface area contributed by atoms with E-state index in [0.29, 0.717) is 76.5 Å². The molecule has 54 heavy (non-hydrogen) atoms. The monoisotopic (exact) mass is 760 g/mol. The second-order valence-corrected chi connectivity index (χ2v) is 14.3. The predicted octanol–water partition coefficient (Wildman–Crippen LogP) is 6.46. The van der Waals surface area contributed by atoms with Crippen LogP contribution >= 0.6 is 22.7 Å². The first-order valence-corrected chi connectivity index (χ1v) is 17.9. The number of carboxylic acid groups (broad SMARTS) is 2. The van der Waals surface area contributed by atoms with Crippen molar-refractivity contribution in [3.63, 3.8) is 0 Å². The van der Waals surface area contributed by atoms with E-state index in [1.165, 1.54) is 14.2 Å². The molecule has 2 amide bonds. The topological polar surface area (TPSA) is 215 Å². The zero-order valence-electron chi connectivity index (χ0n) is 28.4. The van der Waals surface area contributed by atoms with Gasteiger partial charge in [-0.05, 0) is 60.7 Å². The first-order valence-electron chi connectivity index (χ1n) is 16.3. The van der Waals surface area contributed by atoms with Crippen LogP contribution < -0.4 is 20.9 Å². The molecule has 14 nitrogen and oxygen atoms in total. The lowest BCUT2D eigenvalue weighted by Crippen LogP contribution is -2.12. The standard InChI is InChI=1S/C38H28N6O8S2/c1-51-23-5-3-7-25-27(23)29(31(53-25)37(47)48)35-41-19-15-17(33(39)45)9-11-21(19)43(35)13-14-44-22-12-10-18(34(40)46)16-20(22)42-36(44)30-28-24(52-2)6-4-8-26(28)54-32(30)38(49)50/h3-12,15-16H,13-14H2,1-2H3,(H2,39,45)(H2,40,46)(H,47,48)(H,49,50). The number of ether oxygens (including phenoxy) is 2. The summed E-state index contributed by atoms with van der Waals surface area (Å²) in [5.74, 6) is -2.11. The third kappa shape index (κ3) is 5.38. The Morgan fingerprint density at radius 1 is 0.648 bits per heavy atom. The molecule has 0 bridgehead atoms. The van der Waals surface area contributed by atoms with E-state index in [1.807, 2.05) is 9.13 Å². The lowest BCUT2D eigenvalue weighted by Gasteiger charge is -2.15. The van der Waals surface area contributed by atoms with E-state index in [-0.39, 0.29) is 34.0 Å². The van der Waals surface area contributed by atoms with E-state index in [1.54, 1.807) is 72.8 Å². The normalized spacial score (nSPS) is 11.5. The summed E-state index contributed by atoms with van der Waals surface area (Å²) in [6.45, 7) is 0.315. The molecular formula is C38H28N6O8S2. The summed E-state index contributed by atoms with van der Waals surface area (Å²) in [6.07, 6.45) is 0. The summed E-state index contributed by atoms with van der Waals surface area (Å²) in [5, 5.41) is 22.0. The maximum atomic E-state index is 12.8. The van der Waals surface area contributed by atoms with E-state index in [0.717, 1.165) is 22.7 Å². The van der Waals surface area contributed by atoms with Gasteiger partial charge in [-0.15, -0.1) is 22.7 Å². The van der Waals surface area contributed by atoms with Crippen LogP contribution in [0.2, 0.25) is 0 Å². The van der Waals surface area contributed by atoms with Gasteiger partial charge in [0.25, 0.3) is 0 Å². The molecule has 8 rings (SSSR count). The maximum Gasteiger partial charge on any atom is 0.346 e. The summed E-state index contributed by atoms with van der Waals surface area (Å²) >= 11 is 2.18. The fourth-order valence-corrected chi connectivity index (χ4v) is 9.01. The number of primary amides is 2. The number of carbonyl (C=O) groups is 4. The lowest BCUT2D eigenvalue weighted by molar-refractivity contribution is 0.0692. The zero-order valence-corrected chi connectivity index (χ0v) is 30.1. The summed E-state index contributed by atoms with van der Waals surface area (Å²) < 4.78 is 16.4. The van der Waals surface area contributed by atoms with Gasteiger partial charge in [-0.1, -0.05) is 12.1 Å². The van der Waals surface area contributed by atoms with Gasteiger partial charge in [-0.25, -0.2) is 19.6 Å². The number of benzene rings is 4. The van der Waals surface area contributed by atoms with Crippen LogP contribution in [0.1, 0.15) is 40.1 Å². The first kappa shape index (κ1) is 34.3. The predicted molar refractivity (Wildman–Crippen MR) is 205 cm³/mol. The van der Waals surface area contributed by atoms with Crippen molar-refractivity contribution < 1.29 is 38.9 Å². The van der Waals surface area contributed by atoms with Gasteiger partial charge in [-0.2, -0.15) is 0 Å². The minimum Gasteiger partial charge on any atom is -0.496 e. The lowest BCUT2D eigenvalue weighted by atomic mass is 10.1. The molecule has 6 N–H and O–H groups in total. The number of imidazole rings is 2. The second kappa shape index (κ2) is 13.0. The number of thiophene rings is 2. The Hall–Kier alpha value is -6.78. The van der Waals surface area contributed by atoms with Crippen molar-refractivity contribution >= 4 is 88.7 Å². The zero-order chi connectivity index (χ0) is 38.0. The largest absolute Gasteiger partial charge is 0.496 e. The van der Waals surface area contributed by atoms with Gasteiger partial charge in [-0.3, -0.25) is 9.59 Å². The number of nitrogens with two attached hydrogens (primary N) is 2. The Morgan fingerprint density at radius 2 is 1.06 bits per heavy atom. The van der Waals surface area contributed by atoms with Crippen LogP contribution in [0.4, 0.5) is 0 Å². The Labute approximate surface area is 312 Å². The van der Waals surface area contributed by atoms with Crippen LogP contribution in [-0.4, -0.2) is 67.3 Å². The summed E-state index contributed by atoms with van der Waals surface area (Å²) in [6, 6.07) is 20.3. The number of nitrogens with zero attached hydrogens (tertiary/aromatic N) is 4. The fourth-order valence-electron chi connectivity index (χ4n) is 6.90. The number of fused-ring (bicyclic) bond motifs is 4. The number of rotatable bonds is 11. The van der Waals surface area contributed by atoms with Crippen LogP contribution in [-0.2, 0) is 13.1 Å². The average molecular weight is 761 g/mol. The maximum absolute atomic E-state index is 12.8. The molecule has 16 heteroatoms. The van der Waals surface area contributed by atoms with Gasteiger partial charge in [0.2, 0.25) is 11.8 Å². The number of aromatic nitrogens is 4. The minimum absolute atomic E-state index is 0.0388. The number of aromatic carboxylic acids is 2. The third-order valence-corrected chi connectivity index (χ3v) is 11.5. The Balaban J connectivity index is 1.39. The molecule has 0 unspecified atom stereocenters. The van der Waals surface area contributed by atoms with Crippen LogP contribution in [0.15, 0.2) is 72.8 Å². The van der Waals surface area contributed by atoms with Crippen LogP contribution in [0.5, 0.6) is 11.5 Å². The van der Waals surface area contributed by atoms with Crippen molar-refractivity contribution in [2.24, 2.45) is 11.5 Å². The van der Waals surface area contributed by atoms with Gasteiger partial charge in [0.1, 0.15) is 32.9 Å². The molecule has 4 heterocycles. The Morgan fingerprint density at radius 3 is 1.41 bits per heavy atom. The molecule has 0 fully saturated rings. The molecule has 0 aliphatic carbocycles. The molecule has 0 atom stereocenters. The quantitative estimate of drug-likeness (QED) is 0.113. The summed E-state index contributed by atoms with van der Waals surface area (Å²) in [5.41, 5.74) is 14.3. The van der Waals surface area contributed by atoms with E-state index in [2.05, 4.69) is 0 Å². The van der Waals surface area contributed by atoms with Gasteiger partial charge >= 0.3 is 11.9 Å². The number of amides is 2. The molecule has 0 aliphatic rings. The average Bonchev–Trinajstić information content (AvgIpc) is 3.92. The number of methoxy groups -OCH3 is 2. The number of aryl methyl sites for hydroxylation is 2. The summed E-state index contributed by atoms with van der Waals surface area (Å²) in [7, 11) is 3.01. The molecule has 0 saturated heterocycles. The molecule has 0 spiro atoms. The number of carboxylic acids is 2. The summed E-state index contributed by atoms with van der Waals surface area (Å²) in [4.78, 5) is 59.9. The van der Waals surface area contributed by atoms with Crippen LogP contribution in [0, 0.1) is 0 Å². The molecule has 0 radical (unpaired) electrons. The van der Waals surface area contributed by atoms with E-state index < -0.39 is 23.8 Å². The minimum atomic E-state index is -1.16. The Bertz CT molecular complexity index is 2710. The highest BCUT2D eigenvalue weighted by atomic mass is 32.1. The number of hydrogen-bond donors (Lipinski definition) is 4. The van der Waals surface area contributed by atoms with Crippen molar-refractivity contribution in [3.05, 3.63) is 93.7 Å². The van der Waals surface area contributed by atoms with E-state index in [4.69, 9.17) is 30.9 Å². The Kier molecular flexibility index (Phi) is 8.27. The smallest absolute Gasteiger partial charge is 0.346 e. The van der Waals surface area contributed by atoms with Crippen LogP contribution in [0.3, 0.4) is 0 Å². The second-order valence-electron chi connectivity index (χ2n) is 12.2. The van der Waals surface area contributed by atoms with Crippen molar-refractivity contribution in [1.82, 2.24) is 19.1 Å². The highest BCUT2D eigenvalue weighted by Gasteiger charge is 2.29. The van der Waals surface area contributed by atoms with Crippen LogP contribution in [0.25, 0.3) is 65.0 Å². The molecule has 8 aromatic rings. The highest BCUT2D eigenvalue weighted by molar-refractivity contribution is 7.22. The first-order chi connectivity index (χ1) is 26.0. The molecule has 270 valence electrons. The molecule has 0 aliphatic heterocycles. The number of hydrogen-bond acceptors (Lipinski definition) is 10. The van der Waals surface area contributed by atoms with E-state index in [9.17, 15) is 29.4 Å². The van der Waals surface area contributed by atoms with Crippen molar-refractivity contribution in [2.75, 3.05) is 14.2 Å². The van der Waals surface area contributed by atoms with Crippen molar-refractivity contribution in [1.29, 1.82) is 0 Å². The molecule has 0 saturated carbocycles. The van der Waals surface area contributed by atoms with Gasteiger partial charge in [0.05, 0.1) is 47.4 Å². The van der Waals surface area contributed by atoms with Gasteiger partial charge in [0.15, 0.2) is 0 Å². The fraction of sp³-hybridized carbons (Fsp3) is 0.105. The van der Waals surface area contributed by atoms with Gasteiger partial charge < -0.3 is 40.3 Å². The molecular weight excluding hydrogens is 733 g/mol. The SMILES string of the molecule is COc1cccc2sc(C(=O)O)c(-c3nc4cc(C(N)=O)ccc4n3CCn3c(-c4c(C(=O)O)sc5cccc(OC)c45)nc4cc(C(N)=O)ccc43)c12. The van der Waals surface area contributed by atoms with E-state index >= 15 is 0 Å². The van der Waals surface area contributed by atoms with Crippen molar-refractivity contribution in [2.45, 2.75) is 13.1 Å².